The largest absolute Gasteiger partial charge is 0.508 e. The summed E-state index contributed by atoms with van der Waals surface area (Å²) in [6.45, 7) is 0.925. The molecule has 0 radical (unpaired) electrons. The number of nitrogens with zero attached hydrogens (tertiary/aromatic N) is 1. The van der Waals surface area contributed by atoms with Crippen molar-refractivity contribution >= 4 is 0 Å². The van der Waals surface area contributed by atoms with Crippen LogP contribution >= 0.6 is 0 Å². The Morgan fingerprint density at radius 2 is 1.72 bits per heavy atom. The van der Waals surface area contributed by atoms with Gasteiger partial charge in [0.25, 0.3) is 0 Å². The molecule has 0 saturated heterocycles. The summed E-state index contributed by atoms with van der Waals surface area (Å²) in [6.07, 6.45) is 2.87. The van der Waals surface area contributed by atoms with E-state index in [1.165, 1.54) is 12.1 Å². The van der Waals surface area contributed by atoms with Gasteiger partial charge in [-0.2, -0.15) is 0 Å². The third-order valence-corrected chi connectivity index (χ3v) is 4.87. The first-order valence-electron chi connectivity index (χ1n) is 8.65. The van der Waals surface area contributed by atoms with Gasteiger partial charge in [-0.1, -0.05) is 18.2 Å². The highest BCUT2D eigenvalue weighted by atomic mass is 19.1. The van der Waals surface area contributed by atoms with Gasteiger partial charge in [-0.15, -0.1) is 0 Å². The van der Waals surface area contributed by atoms with E-state index in [1.54, 1.807) is 18.2 Å². The zero-order chi connectivity index (χ0) is 17.8. The smallest absolute Gasteiger partial charge is 0.130 e. The molecule has 0 atom stereocenters. The van der Waals surface area contributed by atoms with E-state index in [0.717, 1.165) is 37.3 Å². The molecule has 2 aromatic carbocycles. The quantitative estimate of drug-likeness (QED) is 0.860. The molecule has 1 saturated carbocycles. The maximum Gasteiger partial charge on any atom is 0.130 e. The summed E-state index contributed by atoms with van der Waals surface area (Å²) in [5.74, 6) is -0.928. The van der Waals surface area contributed by atoms with Gasteiger partial charge in [0.15, 0.2) is 0 Å². The summed E-state index contributed by atoms with van der Waals surface area (Å²) in [5, 5.41) is 19.4. The molecule has 0 amide bonds. The highest BCUT2D eigenvalue weighted by Crippen LogP contribution is 2.27. The number of phenolic OH excluding ortho intramolecular Hbond substituents is 1. The van der Waals surface area contributed by atoms with Crippen LogP contribution in [0.4, 0.5) is 8.78 Å². The normalized spacial score (nSPS) is 20.8. The van der Waals surface area contributed by atoms with Crippen LogP contribution in [-0.2, 0) is 13.1 Å². The fourth-order valence-corrected chi connectivity index (χ4v) is 3.50. The number of halogens is 2. The average molecular weight is 347 g/mol. The molecule has 0 heterocycles. The summed E-state index contributed by atoms with van der Waals surface area (Å²) >= 11 is 0. The number of benzene rings is 2. The highest BCUT2D eigenvalue weighted by Gasteiger charge is 2.25. The van der Waals surface area contributed by atoms with Crippen molar-refractivity contribution in [2.24, 2.45) is 0 Å². The molecule has 0 aliphatic heterocycles. The van der Waals surface area contributed by atoms with E-state index in [9.17, 15) is 19.0 Å². The second kappa shape index (κ2) is 7.93. The predicted molar refractivity (Wildman–Crippen MR) is 92.0 cm³/mol. The zero-order valence-corrected chi connectivity index (χ0v) is 14.0. The molecule has 3 rings (SSSR count). The molecule has 1 aliphatic rings. The van der Waals surface area contributed by atoms with Crippen LogP contribution in [-0.4, -0.2) is 27.3 Å². The number of aliphatic hydroxyl groups excluding tert-OH is 1. The van der Waals surface area contributed by atoms with Gasteiger partial charge in [0.1, 0.15) is 17.4 Å². The van der Waals surface area contributed by atoms with Gasteiger partial charge in [0.05, 0.1) is 6.10 Å². The van der Waals surface area contributed by atoms with Crippen molar-refractivity contribution in [3.63, 3.8) is 0 Å². The molecule has 25 heavy (non-hydrogen) atoms. The number of phenols is 1. The number of aromatic hydroxyl groups is 1. The van der Waals surface area contributed by atoms with Crippen LogP contribution in [0.3, 0.4) is 0 Å². The fourth-order valence-electron chi connectivity index (χ4n) is 3.50. The monoisotopic (exact) mass is 347 g/mol. The number of hydrogen-bond acceptors (Lipinski definition) is 3. The molecule has 0 aromatic heterocycles. The lowest BCUT2D eigenvalue weighted by molar-refractivity contribution is 0.0660. The third kappa shape index (κ3) is 4.77. The Balaban J connectivity index is 1.80. The Morgan fingerprint density at radius 1 is 0.960 bits per heavy atom. The molecule has 134 valence electrons. The minimum Gasteiger partial charge on any atom is -0.508 e. The second-order valence-corrected chi connectivity index (χ2v) is 6.77. The summed E-state index contributed by atoms with van der Waals surface area (Å²) in [4.78, 5) is 2.15. The lowest BCUT2D eigenvalue weighted by atomic mass is 9.91. The van der Waals surface area contributed by atoms with Gasteiger partial charge in [0.2, 0.25) is 0 Å². The van der Waals surface area contributed by atoms with Gasteiger partial charge in [-0.3, -0.25) is 4.90 Å². The van der Waals surface area contributed by atoms with Crippen LogP contribution in [0.5, 0.6) is 5.75 Å². The van der Waals surface area contributed by atoms with Crippen molar-refractivity contribution in [1.82, 2.24) is 4.90 Å². The maximum absolute atomic E-state index is 14.1. The standard InChI is InChI=1S/C20H23F2NO2/c21-16-5-4-15(20(22)11-16)13-23(17-6-8-18(24)9-7-17)12-14-2-1-3-19(25)10-14/h1-5,10-11,17-18,24-25H,6-9,12-13H2. The fraction of sp³-hybridized carbons (Fsp3) is 0.400. The Labute approximate surface area is 146 Å². The molecule has 1 aliphatic carbocycles. The Morgan fingerprint density at radius 3 is 2.40 bits per heavy atom. The molecule has 0 bridgehead atoms. The summed E-state index contributed by atoms with van der Waals surface area (Å²) in [5.41, 5.74) is 1.39. The molecule has 3 nitrogen and oxygen atoms in total. The predicted octanol–water partition coefficient (Wildman–Crippen LogP) is 3.98. The molecule has 0 unspecified atom stereocenters. The molecular weight excluding hydrogens is 324 g/mol. The first-order valence-corrected chi connectivity index (χ1v) is 8.65. The van der Waals surface area contributed by atoms with Crippen molar-refractivity contribution in [2.45, 2.75) is 50.9 Å². The first kappa shape index (κ1) is 17.8. The van der Waals surface area contributed by atoms with Gasteiger partial charge in [0, 0.05) is 30.8 Å². The van der Waals surface area contributed by atoms with Gasteiger partial charge in [-0.25, -0.2) is 8.78 Å². The summed E-state index contributed by atoms with van der Waals surface area (Å²) in [6, 6.07) is 10.9. The van der Waals surface area contributed by atoms with Crippen molar-refractivity contribution in [3.05, 3.63) is 65.2 Å². The van der Waals surface area contributed by atoms with E-state index < -0.39 is 11.6 Å². The maximum atomic E-state index is 14.1. The highest BCUT2D eigenvalue weighted by molar-refractivity contribution is 5.27. The van der Waals surface area contributed by atoms with E-state index in [4.69, 9.17) is 0 Å². The lowest BCUT2D eigenvalue weighted by Gasteiger charge is -2.36. The minimum absolute atomic E-state index is 0.199. The second-order valence-electron chi connectivity index (χ2n) is 6.77. The van der Waals surface area contributed by atoms with E-state index in [2.05, 4.69) is 4.90 Å². The Kier molecular flexibility index (Phi) is 5.66. The average Bonchev–Trinajstić information content (AvgIpc) is 2.57. The van der Waals surface area contributed by atoms with Crippen LogP contribution < -0.4 is 0 Å². The van der Waals surface area contributed by atoms with Crippen molar-refractivity contribution < 1.29 is 19.0 Å². The molecule has 2 aromatic rings. The summed E-state index contributed by atoms with van der Waals surface area (Å²) in [7, 11) is 0. The van der Waals surface area contributed by atoms with Crippen LogP contribution in [0.15, 0.2) is 42.5 Å². The van der Waals surface area contributed by atoms with Crippen LogP contribution in [0.2, 0.25) is 0 Å². The van der Waals surface area contributed by atoms with Gasteiger partial charge in [-0.05, 0) is 49.4 Å². The van der Waals surface area contributed by atoms with Crippen molar-refractivity contribution in [3.8, 4) is 5.75 Å². The Hall–Kier alpha value is -1.98. The van der Waals surface area contributed by atoms with Crippen molar-refractivity contribution in [2.75, 3.05) is 0 Å². The van der Waals surface area contributed by atoms with Crippen LogP contribution in [0.1, 0.15) is 36.8 Å². The van der Waals surface area contributed by atoms with Crippen LogP contribution in [0.25, 0.3) is 0 Å². The van der Waals surface area contributed by atoms with E-state index >= 15 is 0 Å². The molecule has 1 fully saturated rings. The molecular formula is C20H23F2NO2. The third-order valence-electron chi connectivity index (χ3n) is 4.87. The molecule has 0 spiro atoms. The van der Waals surface area contributed by atoms with Gasteiger partial charge < -0.3 is 10.2 Å². The lowest BCUT2D eigenvalue weighted by Crippen LogP contribution is -2.38. The topological polar surface area (TPSA) is 43.7 Å². The van der Waals surface area contributed by atoms with Crippen LogP contribution in [0, 0.1) is 11.6 Å². The van der Waals surface area contributed by atoms with Gasteiger partial charge >= 0.3 is 0 Å². The molecule has 2 N–H and O–H groups in total. The molecule has 5 heteroatoms. The van der Waals surface area contributed by atoms with Crippen molar-refractivity contribution in [1.29, 1.82) is 0 Å². The zero-order valence-electron chi connectivity index (χ0n) is 14.0. The summed E-state index contributed by atoms with van der Waals surface area (Å²) < 4.78 is 27.3. The number of rotatable bonds is 5. The Bertz CT molecular complexity index is 715. The van der Waals surface area contributed by atoms with E-state index in [0.29, 0.717) is 18.7 Å². The van der Waals surface area contributed by atoms with E-state index in [-0.39, 0.29) is 17.9 Å². The van der Waals surface area contributed by atoms with E-state index in [1.807, 2.05) is 6.07 Å². The number of hydrogen-bond donors (Lipinski definition) is 2. The minimum atomic E-state index is -0.582. The first-order chi connectivity index (χ1) is 12.0. The SMILES string of the molecule is Oc1cccc(CN(Cc2ccc(F)cc2F)C2CCC(O)CC2)c1. The number of aliphatic hydroxyl groups is 1.